The summed E-state index contributed by atoms with van der Waals surface area (Å²) in [4.78, 5) is 10.6. The molecule has 0 aliphatic heterocycles. The van der Waals surface area contributed by atoms with Crippen molar-refractivity contribution in [2.75, 3.05) is 0 Å². The molecule has 0 aliphatic carbocycles. The molecule has 0 saturated carbocycles. The molecule has 15 heavy (non-hydrogen) atoms. The maximum Gasteiger partial charge on any atom is 0.255 e. The Morgan fingerprint density at radius 3 is 2.33 bits per heavy atom. The molecule has 1 aromatic carbocycles. The van der Waals surface area contributed by atoms with Crippen molar-refractivity contribution in [2.24, 2.45) is 5.73 Å². The average Bonchev–Trinajstić information content (AvgIpc) is 2.17. The topological polar surface area (TPSA) is 63.3 Å². The normalized spacial score (nSPS) is 16.8. The van der Waals surface area contributed by atoms with Crippen LogP contribution in [0.15, 0.2) is 24.3 Å². The van der Waals surface area contributed by atoms with Gasteiger partial charge in [-0.25, -0.2) is 8.78 Å². The Kier molecular flexibility index (Phi) is 3.04. The monoisotopic (exact) mass is 215 g/mol. The number of halogens is 2. The lowest BCUT2D eigenvalue weighted by molar-refractivity contribution is -0.133. The molecule has 82 valence electrons. The van der Waals surface area contributed by atoms with Crippen molar-refractivity contribution in [3.63, 3.8) is 0 Å². The quantitative estimate of drug-likeness (QED) is 0.785. The lowest BCUT2D eigenvalue weighted by atomic mass is 9.91. The van der Waals surface area contributed by atoms with Gasteiger partial charge in [0.1, 0.15) is 11.4 Å². The highest BCUT2D eigenvalue weighted by molar-refractivity contribution is 5.80. The Hall–Kier alpha value is -1.49. The number of rotatable bonds is 3. The fourth-order valence-corrected chi connectivity index (χ4v) is 1.21. The number of aliphatic hydroxyl groups is 1. The van der Waals surface area contributed by atoms with Gasteiger partial charge in [-0.2, -0.15) is 0 Å². The molecule has 5 heteroatoms. The summed E-state index contributed by atoms with van der Waals surface area (Å²) in [6.45, 7) is 1.11. The van der Waals surface area contributed by atoms with Crippen LogP contribution >= 0.6 is 0 Å². The molecule has 0 fully saturated rings. The summed E-state index contributed by atoms with van der Waals surface area (Å²) < 4.78 is 25.8. The van der Waals surface area contributed by atoms with Gasteiger partial charge in [-0.1, -0.05) is 12.1 Å². The number of amides is 1. The molecule has 3 nitrogen and oxygen atoms in total. The molecule has 0 heterocycles. The van der Waals surface area contributed by atoms with Crippen molar-refractivity contribution in [3.8, 4) is 0 Å². The molecule has 0 unspecified atom stereocenters. The van der Waals surface area contributed by atoms with E-state index in [1.807, 2.05) is 0 Å². The first-order chi connectivity index (χ1) is 6.85. The van der Waals surface area contributed by atoms with E-state index in [2.05, 4.69) is 0 Å². The van der Waals surface area contributed by atoms with E-state index in [0.717, 1.165) is 19.1 Å². The highest BCUT2D eigenvalue weighted by atomic mass is 19.1. The number of carbonyl (C=O) groups is 1. The molecule has 2 atom stereocenters. The van der Waals surface area contributed by atoms with Crippen molar-refractivity contribution in [1.82, 2.24) is 0 Å². The van der Waals surface area contributed by atoms with Gasteiger partial charge in [0.05, 0.1) is 0 Å². The highest BCUT2D eigenvalue weighted by Gasteiger charge is 2.38. The minimum absolute atomic E-state index is 0.0928. The number of hydrogen-bond donors (Lipinski definition) is 2. The third-order valence-corrected chi connectivity index (χ3v) is 2.17. The van der Waals surface area contributed by atoms with Gasteiger partial charge in [-0.15, -0.1) is 0 Å². The largest absolute Gasteiger partial charge is 0.382 e. The zero-order chi connectivity index (χ0) is 11.6. The second-order valence-corrected chi connectivity index (χ2v) is 3.42. The van der Waals surface area contributed by atoms with Crippen molar-refractivity contribution in [1.29, 1.82) is 0 Å². The van der Waals surface area contributed by atoms with Crippen molar-refractivity contribution < 1.29 is 18.7 Å². The molecule has 0 radical (unpaired) electrons. The van der Waals surface area contributed by atoms with E-state index in [-0.39, 0.29) is 5.56 Å². The summed E-state index contributed by atoms with van der Waals surface area (Å²) in [5.74, 6) is -1.77. The Balaban J connectivity index is 3.05. The van der Waals surface area contributed by atoms with Crippen molar-refractivity contribution >= 4 is 5.91 Å². The molecule has 1 rings (SSSR count). The summed E-state index contributed by atoms with van der Waals surface area (Å²) in [5.41, 5.74) is 2.79. The zero-order valence-corrected chi connectivity index (χ0v) is 8.08. The van der Waals surface area contributed by atoms with E-state index in [0.29, 0.717) is 0 Å². The number of primary amides is 1. The van der Waals surface area contributed by atoms with Crippen LogP contribution in [0.1, 0.15) is 12.5 Å². The zero-order valence-electron chi connectivity index (χ0n) is 8.08. The van der Waals surface area contributed by atoms with Gasteiger partial charge in [-0.05, 0) is 24.6 Å². The van der Waals surface area contributed by atoms with Crippen LogP contribution in [-0.2, 0) is 10.4 Å². The molecule has 1 amide bonds. The first-order valence-corrected chi connectivity index (χ1v) is 4.27. The molecule has 3 N–H and O–H groups in total. The van der Waals surface area contributed by atoms with E-state index in [4.69, 9.17) is 5.73 Å². The molecule has 0 aliphatic rings. The van der Waals surface area contributed by atoms with Crippen LogP contribution in [0.5, 0.6) is 0 Å². The summed E-state index contributed by atoms with van der Waals surface area (Å²) in [6, 6.07) is 4.53. The Morgan fingerprint density at radius 2 is 1.93 bits per heavy atom. The number of benzene rings is 1. The fraction of sp³-hybridized carbons (Fsp3) is 0.300. The van der Waals surface area contributed by atoms with Crippen molar-refractivity contribution in [3.05, 3.63) is 35.6 Å². The van der Waals surface area contributed by atoms with Crippen LogP contribution in [0, 0.1) is 5.82 Å². The molecule has 1 aromatic rings. The number of alkyl halides is 1. The average molecular weight is 215 g/mol. The van der Waals surface area contributed by atoms with Gasteiger partial charge in [0.25, 0.3) is 5.91 Å². The van der Waals surface area contributed by atoms with Gasteiger partial charge in [0.15, 0.2) is 0 Å². The summed E-state index contributed by atoms with van der Waals surface area (Å²) in [5, 5.41) is 9.72. The lowest BCUT2D eigenvalue weighted by Crippen LogP contribution is -2.42. The summed E-state index contributed by atoms with van der Waals surface area (Å²) in [6.07, 6.45) is -2.23. The summed E-state index contributed by atoms with van der Waals surface area (Å²) >= 11 is 0. The second kappa shape index (κ2) is 3.94. The third-order valence-electron chi connectivity index (χ3n) is 2.17. The summed E-state index contributed by atoms with van der Waals surface area (Å²) in [7, 11) is 0. The van der Waals surface area contributed by atoms with Crippen molar-refractivity contribution in [2.45, 2.75) is 18.7 Å². The van der Waals surface area contributed by atoms with Crippen LogP contribution in [0.25, 0.3) is 0 Å². The van der Waals surface area contributed by atoms with E-state index >= 15 is 0 Å². The molecular formula is C10H11F2NO2. The van der Waals surface area contributed by atoms with Crippen LogP contribution in [0.3, 0.4) is 0 Å². The highest BCUT2D eigenvalue weighted by Crippen LogP contribution is 2.26. The van der Waals surface area contributed by atoms with E-state index in [9.17, 15) is 18.7 Å². The predicted molar refractivity (Wildman–Crippen MR) is 50.1 cm³/mol. The Labute approximate surface area is 85.5 Å². The lowest BCUT2D eigenvalue weighted by Gasteiger charge is -2.25. The molecule has 0 saturated heterocycles. The second-order valence-electron chi connectivity index (χ2n) is 3.42. The van der Waals surface area contributed by atoms with Gasteiger partial charge in [0, 0.05) is 0 Å². The maximum absolute atomic E-state index is 13.3. The van der Waals surface area contributed by atoms with Gasteiger partial charge in [-0.3, -0.25) is 4.79 Å². The smallest absolute Gasteiger partial charge is 0.255 e. The minimum Gasteiger partial charge on any atom is -0.382 e. The van der Waals surface area contributed by atoms with Crippen LogP contribution in [-0.4, -0.2) is 17.2 Å². The SMILES string of the molecule is C[C@](O)(c1ccc(F)cc1)[C@@H](F)C(N)=O. The van der Waals surface area contributed by atoms with Gasteiger partial charge >= 0.3 is 0 Å². The minimum atomic E-state index is -2.23. The fourth-order valence-electron chi connectivity index (χ4n) is 1.21. The molecule has 0 bridgehead atoms. The first-order valence-electron chi connectivity index (χ1n) is 4.27. The van der Waals surface area contributed by atoms with Crippen LogP contribution in [0.2, 0.25) is 0 Å². The third kappa shape index (κ3) is 2.30. The molecule has 0 spiro atoms. The molecule has 0 aromatic heterocycles. The Bertz CT molecular complexity index is 362. The Morgan fingerprint density at radius 1 is 1.47 bits per heavy atom. The van der Waals surface area contributed by atoms with E-state index in [1.54, 1.807) is 0 Å². The standard InChI is InChI=1S/C10H11F2NO2/c1-10(15,8(12)9(13)14)6-2-4-7(11)5-3-6/h2-5,8,15H,1H3,(H2,13,14)/t8-,10-/m0/s1. The number of hydrogen-bond acceptors (Lipinski definition) is 2. The number of carbonyl (C=O) groups excluding carboxylic acids is 1. The molecular weight excluding hydrogens is 204 g/mol. The predicted octanol–water partition coefficient (Wildman–Crippen LogP) is 0.857. The van der Waals surface area contributed by atoms with E-state index in [1.165, 1.54) is 12.1 Å². The van der Waals surface area contributed by atoms with Crippen LogP contribution < -0.4 is 5.73 Å². The number of nitrogens with two attached hydrogens (primary N) is 1. The van der Waals surface area contributed by atoms with Crippen LogP contribution in [0.4, 0.5) is 8.78 Å². The van der Waals surface area contributed by atoms with E-state index < -0.39 is 23.5 Å². The van der Waals surface area contributed by atoms with Gasteiger partial charge < -0.3 is 10.8 Å². The first kappa shape index (κ1) is 11.6. The van der Waals surface area contributed by atoms with Gasteiger partial charge in [0.2, 0.25) is 6.17 Å². The maximum atomic E-state index is 13.3.